The molecule has 0 aliphatic heterocycles. The van der Waals surface area contributed by atoms with Crippen molar-refractivity contribution in [2.24, 2.45) is 0 Å². The highest BCUT2D eigenvalue weighted by Gasteiger charge is 2.08. The van der Waals surface area contributed by atoms with Gasteiger partial charge in [-0.2, -0.15) is 0 Å². The van der Waals surface area contributed by atoms with Crippen LogP contribution in [0.5, 0.6) is 0 Å². The van der Waals surface area contributed by atoms with Crippen LogP contribution in [0, 0.1) is 44.2 Å². The standard InChI is InChI=1S/C8H4FNO2.C6H3BrFNO2/c1-2-6-5-7(10(11)12)3-4-8(6)9;7-5-3-4(9(10)11)1-2-6(5)8/h1,3-5H;1-3H. The van der Waals surface area contributed by atoms with Crippen LogP contribution >= 0.6 is 15.9 Å². The lowest BCUT2D eigenvalue weighted by Crippen LogP contribution is -1.90. The van der Waals surface area contributed by atoms with Gasteiger partial charge in [-0.25, -0.2) is 8.78 Å². The largest absolute Gasteiger partial charge is 0.270 e. The van der Waals surface area contributed by atoms with Crippen molar-refractivity contribution in [3.8, 4) is 12.3 Å². The second kappa shape index (κ2) is 7.95. The van der Waals surface area contributed by atoms with Crippen LogP contribution in [0.3, 0.4) is 0 Å². The minimum atomic E-state index is -0.625. The minimum absolute atomic E-state index is 0.0933. The van der Waals surface area contributed by atoms with E-state index in [-0.39, 0.29) is 21.4 Å². The topological polar surface area (TPSA) is 86.3 Å². The molecule has 0 heterocycles. The molecule has 0 bridgehead atoms. The van der Waals surface area contributed by atoms with Crippen molar-refractivity contribution in [1.82, 2.24) is 0 Å². The lowest BCUT2D eigenvalue weighted by molar-refractivity contribution is -0.385. The fourth-order valence-electron chi connectivity index (χ4n) is 1.34. The van der Waals surface area contributed by atoms with Crippen LogP contribution < -0.4 is 0 Å². The molecule has 2 aromatic rings. The van der Waals surface area contributed by atoms with Crippen LogP contribution in [0.15, 0.2) is 40.9 Å². The van der Waals surface area contributed by atoms with Gasteiger partial charge in [0.05, 0.1) is 19.9 Å². The average Bonchev–Trinajstić information content (AvgIpc) is 2.50. The first kappa shape index (κ1) is 18.2. The first-order valence-corrected chi connectivity index (χ1v) is 6.55. The van der Waals surface area contributed by atoms with Crippen molar-refractivity contribution in [3.05, 3.63) is 78.3 Å². The number of non-ortho nitro benzene ring substituents is 2. The first-order valence-electron chi connectivity index (χ1n) is 5.76. The lowest BCUT2D eigenvalue weighted by Gasteiger charge is -1.93. The van der Waals surface area contributed by atoms with Gasteiger partial charge in [0.25, 0.3) is 11.4 Å². The smallest absolute Gasteiger partial charge is 0.258 e. The predicted molar refractivity (Wildman–Crippen MR) is 81.7 cm³/mol. The highest BCUT2D eigenvalue weighted by atomic mass is 79.9. The molecule has 0 aliphatic rings. The van der Waals surface area contributed by atoms with E-state index >= 15 is 0 Å². The molecule has 2 rings (SSSR count). The fraction of sp³-hybridized carbons (Fsp3) is 0. The summed E-state index contributed by atoms with van der Waals surface area (Å²) in [5, 5.41) is 20.3. The monoisotopic (exact) mass is 384 g/mol. The van der Waals surface area contributed by atoms with Crippen molar-refractivity contribution in [3.63, 3.8) is 0 Å². The van der Waals surface area contributed by atoms with Crippen LogP contribution in [-0.4, -0.2) is 9.85 Å². The van der Waals surface area contributed by atoms with Gasteiger partial charge in [-0.1, -0.05) is 5.92 Å². The van der Waals surface area contributed by atoms with Gasteiger partial charge in [-0.15, -0.1) is 6.42 Å². The molecule has 0 spiro atoms. The highest BCUT2D eigenvalue weighted by molar-refractivity contribution is 9.10. The molecule has 0 saturated carbocycles. The second-order valence-electron chi connectivity index (χ2n) is 3.92. The van der Waals surface area contributed by atoms with Gasteiger partial charge >= 0.3 is 0 Å². The summed E-state index contributed by atoms with van der Waals surface area (Å²) in [5.41, 5.74) is -0.424. The summed E-state index contributed by atoms with van der Waals surface area (Å²) in [6.45, 7) is 0. The molecule has 0 radical (unpaired) electrons. The lowest BCUT2D eigenvalue weighted by atomic mass is 10.2. The molecule has 0 saturated heterocycles. The van der Waals surface area contributed by atoms with Crippen molar-refractivity contribution < 1.29 is 18.6 Å². The third kappa shape index (κ3) is 5.12. The molecular formula is C14H7BrF2N2O4. The summed E-state index contributed by atoms with van der Waals surface area (Å²) in [5.74, 6) is 0.885. The third-order valence-corrected chi connectivity index (χ3v) is 3.04. The van der Waals surface area contributed by atoms with Gasteiger partial charge in [0.15, 0.2) is 0 Å². The Morgan fingerprint density at radius 1 is 0.957 bits per heavy atom. The molecule has 23 heavy (non-hydrogen) atoms. The number of benzene rings is 2. The second-order valence-corrected chi connectivity index (χ2v) is 4.78. The van der Waals surface area contributed by atoms with E-state index in [4.69, 9.17) is 6.42 Å². The number of hydrogen-bond acceptors (Lipinski definition) is 4. The van der Waals surface area contributed by atoms with Gasteiger partial charge in [0.1, 0.15) is 11.6 Å². The predicted octanol–water partition coefficient (Wildman–Crippen LogP) is 4.21. The molecule has 118 valence electrons. The summed E-state index contributed by atoms with van der Waals surface area (Å²) >= 11 is 2.83. The normalized spacial score (nSPS) is 9.30. The van der Waals surface area contributed by atoms with E-state index in [1.54, 1.807) is 0 Å². The fourth-order valence-corrected chi connectivity index (χ4v) is 1.70. The number of halogens is 3. The first-order chi connectivity index (χ1) is 10.8. The van der Waals surface area contributed by atoms with E-state index in [1.165, 1.54) is 0 Å². The van der Waals surface area contributed by atoms with E-state index in [0.29, 0.717) is 0 Å². The molecule has 0 amide bonds. The Hall–Kier alpha value is -2.86. The summed E-state index contributed by atoms with van der Waals surface area (Å²) < 4.78 is 25.3. The maximum atomic E-state index is 12.7. The SMILES string of the molecule is C#Cc1cc([N+](=O)[O-])ccc1F.O=[N+]([O-])c1ccc(F)c(Br)c1. The van der Waals surface area contributed by atoms with Gasteiger partial charge in [0, 0.05) is 24.3 Å². The molecule has 0 N–H and O–H groups in total. The zero-order valence-corrected chi connectivity index (χ0v) is 12.8. The van der Waals surface area contributed by atoms with Crippen molar-refractivity contribution in [1.29, 1.82) is 0 Å². The van der Waals surface area contributed by atoms with Gasteiger partial charge < -0.3 is 0 Å². The highest BCUT2D eigenvalue weighted by Crippen LogP contribution is 2.21. The average molecular weight is 385 g/mol. The molecule has 9 heteroatoms. The van der Waals surface area contributed by atoms with Gasteiger partial charge in [-0.3, -0.25) is 20.2 Å². The van der Waals surface area contributed by atoms with E-state index in [9.17, 15) is 29.0 Å². The van der Waals surface area contributed by atoms with Crippen LogP contribution in [0.25, 0.3) is 0 Å². The Balaban J connectivity index is 0.000000231. The van der Waals surface area contributed by atoms with E-state index in [0.717, 1.165) is 36.4 Å². The maximum Gasteiger partial charge on any atom is 0.270 e. The van der Waals surface area contributed by atoms with E-state index in [2.05, 4.69) is 15.9 Å². The Labute approximate surface area is 137 Å². The number of rotatable bonds is 2. The van der Waals surface area contributed by atoms with Crippen LogP contribution in [0.2, 0.25) is 0 Å². The molecule has 0 aromatic heterocycles. The summed E-state index contributed by atoms with van der Waals surface area (Å²) in [7, 11) is 0. The molecule has 0 atom stereocenters. The zero-order chi connectivity index (χ0) is 17.6. The Morgan fingerprint density at radius 2 is 1.43 bits per heavy atom. The van der Waals surface area contributed by atoms with Crippen molar-refractivity contribution >= 4 is 27.3 Å². The summed E-state index contributed by atoms with van der Waals surface area (Å²) in [6, 6.07) is 6.34. The van der Waals surface area contributed by atoms with Gasteiger partial charge in [0.2, 0.25) is 0 Å². The molecule has 0 fully saturated rings. The molecule has 0 unspecified atom stereocenters. The van der Waals surface area contributed by atoms with Crippen LogP contribution in [0.4, 0.5) is 20.2 Å². The number of nitrogens with zero attached hydrogens (tertiary/aromatic N) is 2. The Morgan fingerprint density at radius 3 is 1.87 bits per heavy atom. The Kier molecular flexibility index (Phi) is 6.29. The number of nitro benzene ring substituents is 2. The van der Waals surface area contributed by atoms with E-state index in [1.807, 2.05) is 5.92 Å². The summed E-state index contributed by atoms with van der Waals surface area (Å²) in [4.78, 5) is 19.1. The maximum absolute atomic E-state index is 12.7. The summed E-state index contributed by atoms with van der Waals surface area (Å²) in [6.07, 6.45) is 4.91. The third-order valence-electron chi connectivity index (χ3n) is 2.43. The van der Waals surface area contributed by atoms with Crippen molar-refractivity contribution in [2.75, 3.05) is 0 Å². The molecule has 0 aliphatic carbocycles. The minimum Gasteiger partial charge on any atom is -0.258 e. The van der Waals surface area contributed by atoms with Gasteiger partial charge in [-0.05, 0) is 28.1 Å². The number of terminal acetylenes is 1. The quantitative estimate of drug-likeness (QED) is 0.440. The molecule has 6 nitrogen and oxygen atoms in total. The Bertz CT molecular complexity index is 806. The molecular weight excluding hydrogens is 378 g/mol. The number of nitro groups is 2. The number of hydrogen-bond donors (Lipinski definition) is 0. The molecule has 2 aromatic carbocycles. The van der Waals surface area contributed by atoms with Crippen LogP contribution in [0.1, 0.15) is 5.56 Å². The van der Waals surface area contributed by atoms with E-state index < -0.39 is 21.5 Å². The zero-order valence-electron chi connectivity index (χ0n) is 11.2. The van der Waals surface area contributed by atoms with Crippen LogP contribution in [-0.2, 0) is 0 Å². The van der Waals surface area contributed by atoms with Crippen molar-refractivity contribution in [2.45, 2.75) is 0 Å².